The van der Waals surface area contributed by atoms with E-state index in [9.17, 15) is 13.9 Å². The first kappa shape index (κ1) is 17.8. The predicted molar refractivity (Wildman–Crippen MR) is 92.4 cm³/mol. The highest BCUT2D eigenvalue weighted by atomic mass is 19.3. The molecule has 1 unspecified atom stereocenters. The van der Waals surface area contributed by atoms with E-state index in [1.165, 1.54) is 0 Å². The highest BCUT2D eigenvalue weighted by molar-refractivity contribution is 5.41. The number of hydrogen-bond acceptors (Lipinski definition) is 2. The van der Waals surface area contributed by atoms with Gasteiger partial charge >= 0.3 is 0 Å². The van der Waals surface area contributed by atoms with Gasteiger partial charge in [0.05, 0.1) is 0 Å². The number of benzene rings is 1. The molecule has 1 fully saturated rings. The quantitative estimate of drug-likeness (QED) is 0.857. The fourth-order valence-electron chi connectivity index (χ4n) is 4.23. The summed E-state index contributed by atoms with van der Waals surface area (Å²) in [6, 6.07) is 7.26. The highest BCUT2D eigenvalue weighted by Gasteiger charge is 2.54. The zero-order chi connectivity index (χ0) is 17.6. The van der Waals surface area contributed by atoms with Crippen LogP contribution in [0.2, 0.25) is 0 Å². The van der Waals surface area contributed by atoms with Gasteiger partial charge in [-0.25, -0.2) is 8.78 Å². The van der Waals surface area contributed by atoms with E-state index in [-0.39, 0.29) is 6.42 Å². The number of fused-ring (bicyclic) bond motifs is 2. The van der Waals surface area contributed by atoms with Gasteiger partial charge in [-0.2, -0.15) is 0 Å². The molecule has 1 N–H and O–H groups in total. The monoisotopic (exact) mass is 337 g/mol. The van der Waals surface area contributed by atoms with Gasteiger partial charge in [0.1, 0.15) is 6.10 Å². The maximum atomic E-state index is 14.4. The van der Waals surface area contributed by atoms with Crippen molar-refractivity contribution in [2.24, 2.45) is 5.41 Å². The van der Waals surface area contributed by atoms with Crippen molar-refractivity contribution in [2.45, 2.75) is 63.9 Å². The van der Waals surface area contributed by atoms with Crippen LogP contribution in [0.4, 0.5) is 8.78 Å². The van der Waals surface area contributed by atoms with Crippen molar-refractivity contribution in [3.05, 3.63) is 35.4 Å². The Bertz CT molecular complexity index is 586. The molecule has 0 amide bonds. The summed E-state index contributed by atoms with van der Waals surface area (Å²) < 4.78 is 28.9. The summed E-state index contributed by atoms with van der Waals surface area (Å²) in [4.78, 5) is 2.41. The number of likely N-dealkylation sites (tertiary alicyclic amines) is 1. The molecule has 1 aliphatic carbocycles. The van der Waals surface area contributed by atoms with Gasteiger partial charge in [0.2, 0.25) is 0 Å². The van der Waals surface area contributed by atoms with Crippen molar-refractivity contribution in [1.82, 2.24) is 4.90 Å². The van der Waals surface area contributed by atoms with Gasteiger partial charge in [0.15, 0.2) is 0 Å². The van der Waals surface area contributed by atoms with Gasteiger partial charge in [-0.3, -0.25) is 0 Å². The lowest BCUT2D eigenvalue weighted by molar-refractivity contribution is -0.143. The molecule has 0 saturated carbocycles. The van der Waals surface area contributed by atoms with Crippen molar-refractivity contribution in [3.63, 3.8) is 0 Å². The number of nitrogens with zero attached hydrogens (tertiary/aromatic N) is 1. The van der Waals surface area contributed by atoms with Gasteiger partial charge in [-0.1, -0.05) is 45.0 Å². The normalized spacial score (nSPS) is 26.3. The summed E-state index contributed by atoms with van der Waals surface area (Å²) in [6.07, 6.45) is 0.710. The standard InChI is InChI=1S/C20H29F2NO/c1-18(2,3)8-11-23-12-9-19(10-13-23)14-20(21,22)17(24)15-6-4-5-7-16(15)19/h4-7,17,24H,8-14H2,1-3H3. The minimum absolute atomic E-state index is 0.231. The molecule has 1 saturated heterocycles. The van der Waals surface area contributed by atoms with E-state index in [1.54, 1.807) is 12.1 Å². The molecule has 1 aromatic carbocycles. The van der Waals surface area contributed by atoms with Crippen molar-refractivity contribution >= 4 is 0 Å². The van der Waals surface area contributed by atoms with Crippen molar-refractivity contribution < 1.29 is 13.9 Å². The van der Waals surface area contributed by atoms with Gasteiger partial charge in [-0.15, -0.1) is 0 Å². The fraction of sp³-hybridized carbons (Fsp3) is 0.700. The Morgan fingerprint density at radius 1 is 1.17 bits per heavy atom. The molecular formula is C20H29F2NO. The maximum absolute atomic E-state index is 14.4. The average Bonchev–Trinajstić information content (AvgIpc) is 2.51. The van der Waals surface area contributed by atoms with Gasteiger partial charge in [-0.05, 0) is 55.4 Å². The number of piperidine rings is 1. The lowest BCUT2D eigenvalue weighted by Crippen LogP contribution is -2.50. The Morgan fingerprint density at radius 3 is 2.42 bits per heavy atom. The van der Waals surface area contributed by atoms with Gasteiger partial charge < -0.3 is 10.0 Å². The van der Waals surface area contributed by atoms with Gasteiger partial charge in [0, 0.05) is 11.8 Å². The SMILES string of the molecule is CC(C)(C)CCN1CCC2(CC1)CC(F)(F)C(O)c1ccccc12. The molecule has 0 bridgehead atoms. The fourth-order valence-corrected chi connectivity index (χ4v) is 4.23. The van der Waals surface area contributed by atoms with Crippen molar-refractivity contribution in [3.8, 4) is 0 Å². The summed E-state index contributed by atoms with van der Waals surface area (Å²) in [6.45, 7) is 9.45. The molecule has 1 spiro atoms. The number of aliphatic hydroxyl groups excluding tert-OH is 1. The minimum atomic E-state index is -3.04. The van der Waals surface area contributed by atoms with Crippen LogP contribution in [0, 0.1) is 5.41 Å². The van der Waals surface area contributed by atoms with Crippen LogP contribution in [0.5, 0.6) is 0 Å². The Kier molecular flexibility index (Phi) is 4.50. The topological polar surface area (TPSA) is 23.5 Å². The first-order valence-corrected chi connectivity index (χ1v) is 9.01. The van der Waals surface area contributed by atoms with Crippen LogP contribution >= 0.6 is 0 Å². The summed E-state index contributed by atoms with van der Waals surface area (Å²) in [5, 5.41) is 10.1. The van der Waals surface area contributed by atoms with E-state index in [1.807, 2.05) is 12.1 Å². The van der Waals surface area contributed by atoms with Crippen LogP contribution in [0.3, 0.4) is 0 Å². The molecule has 0 radical (unpaired) electrons. The molecule has 1 heterocycles. The van der Waals surface area contributed by atoms with Crippen molar-refractivity contribution in [1.29, 1.82) is 0 Å². The molecule has 1 atom stereocenters. The zero-order valence-electron chi connectivity index (χ0n) is 15.0. The zero-order valence-corrected chi connectivity index (χ0v) is 15.0. The summed E-state index contributed by atoms with van der Waals surface area (Å²) >= 11 is 0. The first-order chi connectivity index (χ1) is 11.1. The maximum Gasteiger partial charge on any atom is 0.278 e. The third kappa shape index (κ3) is 3.36. The first-order valence-electron chi connectivity index (χ1n) is 9.01. The van der Waals surface area contributed by atoms with Gasteiger partial charge in [0.25, 0.3) is 5.92 Å². The molecule has 2 aliphatic rings. The summed E-state index contributed by atoms with van der Waals surface area (Å²) in [7, 11) is 0. The minimum Gasteiger partial charge on any atom is -0.382 e. The Labute approximate surface area is 143 Å². The average molecular weight is 337 g/mol. The molecule has 24 heavy (non-hydrogen) atoms. The van der Waals surface area contributed by atoms with Crippen LogP contribution in [0.25, 0.3) is 0 Å². The Balaban J connectivity index is 1.78. The third-order valence-electron chi connectivity index (χ3n) is 5.79. The number of hydrogen-bond donors (Lipinski definition) is 1. The van der Waals surface area contributed by atoms with E-state index in [0.717, 1.165) is 44.5 Å². The molecule has 4 heteroatoms. The van der Waals surface area contributed by atoms with Crippen LogP contribution in [0.15, 0.2) is 24.3 Å². The molecule has 1 aromatic rings. The number of rotatable bonds is 2. The van der Waals surface area contributed by atoms with E-state index in [4.69, 9.17) is 0 Å². The summed E-state index contributed by atoms with van der Waals surface area (Å²) in [5.41, 5.74) is 1.18. The second-order valence-electron chi connectivity index (χ2n) is 8.86. The Hall–Kier alpha value is -1.00. The van der Waals surface area contributed by atoms with Crippen molar-refractivity contribution in [2.75, 3.05) is 19.6 Å². The third-order valence-corrected chi connectivity index (χ3v) is 5.79. The van der Waals surface area contributed by atoms with Crippen LogP contribution in [-0.4, -0.2) is 35.6 Å². The molecule has 2 nitrogen and oxygen atoms in total. The lowest BCUT2D eigenvalue weighted by atomic mass is 9.63. The summed E-state index contributed by atoms with van der Waals surface area (Å²) in [5.74, 6) is -3.04. The molecule has 134 valence electrons. The lowest BCUT2D eigenvalue weighted by Gasteiger charge is -2.49. The molecular weight excluding hydrogens is 308 g/mol. The van der Waals surface area contributed by atoms with E-state index in [0.29, 0.717) is 11.0 Å². The molecule has 1 aliphatic heterocycles. The molecule has 3 rings (SSSR count). The smallest absolute Gasteiger partial charge is 0.278 e. The molecule has 0 aromatic heterocycles. The predicted octanol–water partition coefficient (Wildman–Crippen LogP) is 4.53. The van der Waals surface area contributed by atoms with E-state index in [2.05, 4.69) is 25.7 Å². The highest BCUT2D eigenvalue weighted by Crippen LogP contribution is 2.53. The Morgan fingerprint density at radius 2 is 1.79 bits per heavy atom. The van der Waals surface area contributed by atoms with Crippen LogP contribution in [-0.2, 0) is 5.41 Å². The van der Waals surface area contributed by atoms with Crippen LogP contribution in [0.1, 0.15) is 63.7 Å². The number of halogens is 2. The number of alkyl halides is 2. The van der Waals surface area contributed by atoms with E-state index >= 15 is 0 Å². The second kappa shape index (κ2) is 6.06. The number of aliphatic hydroxyl groups is 1. The van der Waals surface area contributed by atoms with E-state index < -0.39 is 17.4 Å². The second-order valence-corrected chi connectivity index (χ2v) is 8.86. The van der Waals surface area contributed by atoms with Crippen LogP contribution < -0.4 is 0 Å². The largest absolute Gasteiger partial charge is 0.382 e.